The van der Waals surface area contributed by atoms with Crippen LogP contribution in [-0.2, 0) is 36.0 Å². The lowest BCUT2D eigenvalue weighted by molar-refractivity contribution is 0.0125. The van der Waals surface area contributed by atoms with Crippen molar-refractivity contribution in [3.8, 4) is 0 Å². The van der Waals surface area contributed by atoms with Gasteiger partial charge in [-0.3, -0.25) is 14.8 Å². The van der Waals surface area contributed by atoms with Crippen LogP contribution in [0.2, 0.25) is 0 Å². The summed E-state index contributed by atoms with van der Waals surface area (Å²) in [6, 6.07) is 7.13. The third-order valence-corrected chi connectivity index (χ3v) is 10.4. The SMILES string of the molecule is C=CCOC(=O)N1CC2(C1)C(N(C(=O)OC(C)(C)C)C(=O)OC(C)(C)C)=N[C@](C)(c1cc(CC(=O)c3ccc(C)cn3)ccc1F)CS2(=O)=O. The number of likely N-dealkylation sites (tertiary alicyclic amines) is 1. The molecule has 4 rings (SSSR count). The number of imide groups is 1. The van der Waals surface area contributed by atoms with Crippen LogP contribution in [0.25, 0.3) is 0 Å². The van der Waals surface area contributed by atoms with Crippen LogP contribution in [0.3, 0.4) is 0 Å². The van der Waals surface area contributed by atoms with Gasteiger partial charge in [0.15, 0.2) is 20.4 Å². The molecule has 1 aromatic carbocycles. The van der Waals surface area contributed by atoms with Gasteiger partial charge in [-0.1, -0.05) is 24.8 Å². The molecule has 2 aliphatic heterocycles. The maximum atomic E-state index is 15.8. The van der Waals surface area contributed by atoms with Gasteiger partial charge >= 0.3 is 18.3 Å². The highest BCUT2D eigenvalue weighted by atomic mass is 32.2. The summed E-state index contributed by atoms with van der Waals surface area (Å²) >= 11 is 0. The quantitative estimate of drug-likeness (QED) is 0.211. The summed E-state index contributed by atoms with van der Waals surface area (Å²) in [6.07, 6.45) is -0.735. The second-order valence-electron chi connectivity index (χ2n) is 14.6. The number of hydrogen-bond donors (Lipinski definition) is 0. The molecule has 0 unspecified atom stereocenters. The number of pyridine rings is 1. The lowest BCUT2D eigenvalue weighted by atomic mass is 9.89. The van der Waals surface area contributed by atoms with Crippen LogP contribution in [0.4, 0.5) is 18.8 Å². The first kappa shape index (κ1) is 38.1. The molecular weight excluding hydrogens is 671 g/mol. The number of nitrogens with zero attached hydrogens (tertiary/aromatic N) is 4. The molecule has 13 nitrogen and oxygen atoms in total. The first-order valence-corrected chi connectivity index (χ1v) is 17.5. The predicted molar refractivity (Wildman–Crippen MR) is 182 cm³/mol. The van der Waals surface area contributed by atoms with E-state index in [-0.39, 0.29) is 30.1 Å². The maximum absolute atomic E-state index is 15.8. The van der Waals surface area contributed by atoms with Gasteiger partial charge in [-0.15, -0.1) is 0 Å². The van der Waals surface area contributed by atoms with Crippen LogP contribution in [0.15, 0.2) is 54.2 Å². The van der Waals surface area contributed by atoms with Gasteiger partial charge in [0.25, 0.3) is 0 Å². The second kappa shape index (κ2) is 13.6. The van der Waals surface area contributed by atoms with E-state index < -0.39 is 80.1 Å². The molecule has 1 fully saturated rings. The molecule has 1 saturated heterocycles. The van der Waals surface area contributed by atoms with E-state index in [9.17, 15) is 27.6 Å². The molecule has 1 spiro atoms. The number of carbonyl (C=O) groups excluding carboxylic acids is 4. The van der Waals surface area contributed by atoms with Crippen LogP contribution < -0.4 is 0 Å². The highest BCUT2D eigenvalue weighted by Crippen LogP contribution is 2.45. The number of rotatable bonds is 6. The van der Waals surface area contributed by atoms with Gasteiger partial charge in [0.2, 0.25) is 0 Å². The Morgan fingerprint density at radius 3 is 2.14 bits per heavy atom. The van der Waals surface area contributed by atoms with Crippen molar-refractivity contribution in [2.75, 3.05) is 25.4 Å². The molecule has 0 N–H and O–H groups in total. The number of benzene rings is 1. The number of halogens is 1. The van der Waals surface area contributed by atoms with E-state index in [1.165, 1.54) is 25.1 Å². The number of amides is 3. The Morgan fingerprint density at radius 2 is 1.62 bits per heavy atom. The standard InChI is InChI=1S/C35H43FN4O9S/c1-10-15-47-29(42)39-19-35(20-39)28(40(30(43)48-32(3,4)5)31(44)49-33(6,7)8)38-34(9,21-50(35,45)46)24-16-23(12-13-25(24)36)17-27(41)26-14-11-22(2)18-37-26/h10-14,16,18H,1,15,17,19-21H2,2-9H3/t34-/m0/s1. The Labute approximate surface area is 291 Å². The smallest absolute Gasteiger partial charge is 0.425 e. The summed E-state index contributed by atoms with van der Waals surface area (Å²) in [4.78, 5) is 63.7. The zero-order chi connectivity index (χ0) is 37.4. The van der Waals surface area contributed by atoms with Crippen molar-refractivity contribution in [1.82, 2.24) is 14.8 Å². The predicted octanol–water partition coefficient (Wildman–Crippen LogP) is 5.55. The number of amidine groups is 1. The molecule has 1 atom stereocenters. The van der Waals surface area contributed by atoms with E-state index in [4.69, 9.17) is 19.2 Å². The van der Waals surface area contributed by atoms with E-state index in [1.807, 2.05) is 6.92 Å². The molecule has 2 aliphatic rings. The highest BCUT2D eigenvalue weighted by molar-refractivity contribution is 7.93. The van der Waals surface area contributed by atoms with Gasteiger partial charge in [-0.25, -0.2) is 27.2 Å². The lowest BCUT2D eigenvalue weighted by Gasteiger charge is -2.53. The number of aromatic nitrogens is 1. The first-order valence-electron chi connectivity index (χ1n) is 15.9. The van der Waals surface area contributed by atoms with E-state index in [0.717, 1.165) is 16.5 Å². The van der Waals surface area contributed by atoms with E-state index in [1.54, 1.807) is 59.9 Å². The molecule has 0 bridgehead atoms. The molecule has 0 aliphatic carbocycles. The molecule has 0 radical (unpaired) electrons. The summed E-state index contributed by atoms with van der Waals surface area (Å²) in [5, 5.41) is 0. The van der Waals surface area contributed by atoms with E-state index in [0.29, 0.717) is 10.5 Å². The lowest BCUT2D eigenvalue weighted by Crippen LogP contribution is -2.77. The normalized spacial score (nSPS) is 19.5. The topological polar surface area (TPSA) is 162 Å². The number of sulfone groups is 1. The van der Waals surface area contributed by atoms with Crippen molar-refractivity contribution in [3.63, 3.8) is 0 Å². The van der Waals surface area contributed by atoms with Crippen molar-refractivity contribution in [2.45, 2.75) is 83.3 Å². The number of ketones is 1. The van der Waals surface area contributed by atoms with Crippen LogP contribution in [0.1, 0.15) is 75.6 Å². The maximum Gasteiger partial charge on any atom is 0.425 e. The number of carbonyl (C=O) groups is 4. The minimum atomic E-state index is -4.48. The fraction of sp³-hybridized carbons (Fsp3) is 0.486. The summed E-state index contributed by atoms with van der Waals surface area (Å²) < 4.78 is 58.8. The van der Waals surface area contributed by atoms with Gasteiger partial charge in [-0.05, 0) is 84.7 Å². The molecule has 50 heavy (non-hydrogen) atoms. The van der Waals surface area contributed by atoms with Crippen molar-refractivity contribution in [1.29, 1.82) is 0 Å². The minimum absolute atomic E-state index is 0.145. The molecule has 1 aromatic heterocycles. The molecule has 2 aromatic rings. The number of aliphatic imine (C=N–C) groups is 1. The summed E-state index contributed by atoms with van der Waals surface area (Å²) in [5.74, 6) is -2.57. The van der Waals surface area contributed by atoms with Crippen molar-refractivity contribution >= 4 is 39.7 Å². The number of aryl methyl sites for hydroxylation is 1. The average Bonchev–Trinajstić information content (AvgIpc) is 2.94. The molecular formula is C35H43FN4O9S. The van der Waals surface area contributed by atoms with Crippen LogP contribution in [0, 0.1) is 12.7 Å². The van der Waals surface area contributed by atoms with Gasteiger partial charge in [0, 0.05) is 18.2 Å². The van der Waals surface area contributed by atoms with E-state index in [2.05, 4.69) is 11.6 Å². The Hall–Kier alpha value is -4.66. The summed E-state index contributed by atoms with van der Waals surface area (Å²) in [5.41, 5.74) is -3.04. The number of ether oxygens (including phenoxy) is 3. The molecule has 3 heterocycles. The molecule has 0 saturated carbocycles. The van der Waals surface area contributed by atoms with Gasteiger partial charge < -0.3 is 19.1 Å². The van der Waals surface area contributed by atoms with E-state index >= 15 is 4.39 Å². The third-order valence-electron chi connectivity index (χ3n) is 7.84. The van der Waals surface area contributed by atoms with Gasteiger partial charge in [0.1, 0.15) is 40.7 Å². The molecule has 270 valence electrons. The van der Waals surface area contributed by atoms with Crippen LogP contribution >= 0.6 is 0 Å². The summed E-state index contributed by atoms with van der Waals surface area (Å²) in [6.45, 7) is 14.7. The Morgan fingerprint density at radius 1 is 1.02 bits per heavy atom. The fourth-order valence-corrected chi connectivity index (χ4v) is 7.89. The van der Waals surface area contributed by atoms with Crippen molar-refractivity contribution in [2.24, 2.45) is 4.99 Å². The number of hydrogen-bond acceptors (Lipinski definition) is 11. The van der Waals surface area contributed by atoms with Crippen LogP contribution in [-0.4, -0.2) is 94.5 Å². The second-order valence-corrected chi connectivity index (χ2v) is 16.9. The molecule has 15 heteroatoms. The Bertz CT molecular complexity index is 1810. The highest BCUT2D eigenvalue weighted by Gasteiger charge is 2.66. The zero-order valence-electron chi connectivity index (χ0n) is 29.5. The van der Waals surface area contributed by atoms with Gasteiger partial charge in [0.05, 0.1) is 18.8 Å². The van der Waals surface area contributed by atoms with Gasteiger partial charge in [-0.2, -0.15) is 4.90 Å². The fourth-order valence-electron chi connectivity index (χ4n) is 5.53. The van der Waals surface area contributed by atoms with Crippen molar-refractivity contribution in [3.05, 3.63) is 77.4 Å². The number of Topliss-reactive ketones (excluding diaryl/α,β-unsaturated/α-hetero) is 1. The molecule has 3 amide bonds. The Balaban J connectivity index is 1.89. The van der Waals surface area contributed by atoms with Crippen molar-refractivity contribution < 1.29 is 46.2 Å². The summed E-state index contributed by atoms with van der Waals surface area (Å²) in [7, 11) is -4.48. The minimum Gasteiger partial charge on any atom is -0.445 e. The average molecular weight is 715 g/mol. The third kappa shape index (κ3) is 8.03. The monoisotopic (exact) mass is 714 g/mol. The Kier molecular flexibility index (Phi) is 10.4. The largest absolute Gasteiger partial charge is 0.445 e. The first-order chi connectivity index (χ1) is 23.0. The van der Waals surface area contributed by atoms with Crippen LogP contribution in [0.5, 0.6) is 0 Å². The zero-order valence-corrected chi connectivity index (χ0v) is 30.3.